The number of alkyl halides is 17. The van der Waals surface area contributed by atoms with Crippen molar-refractivity contribution in [1.82, 2.24) is 9.80 Å². The van der Waals surface area contributed by atoms with Crippen LogP contribution in [0.5, 0.6) is 0 Å². The number of quaternary nitrogens is 1. The van der Waals surface area contributed by atoms with Gasteiger partial charge in [0.05, 0.1) is 21.1 Å². The predicted octanol–water partition coefficient (Wildman–Crippen LogP) is 4.81. The molecule has 39 heavy (non-hydrogen) atoms. The lowest BCUT2D eigenvalue weighted by Crippen LogP contribution is -2.75. The Morgan fingerprint density at radius 1 is 0.769 bits per heavy atom. The largest absolute Gasteiger partial charge is 0.756 e. The van der Waals surface area contributed by atoms with Crippen molar-refractivity contribution in [2.45, 2.75) is 49.4 Å². The lowest BCUT2D eigenvalue weighted by Gasteiger charge is -2.46. The van der Waals surface area contributed by atoms with E-state index in [4.69, 9.17) is 0 Å². The highest BCUT2D eigenvalue weighted by Crippen LogP contribution is 2.55. The van der Waals surface area contributed by atoms with Gasteiger partial charge in [0, 0.05) is 0 Å². The Balaban J connectivity index is 6.48. The van der Waals surface area contributed by atoms with Crippen LogP contribution >= 0.6 is 7.82 Å². The zero-order valence-corrected chi connectivity index (χ0v) is 20.0. The number of halogens is 17. The van der Waals surface area contributed by atoms with Gasteiger partial charge in [0.1, 0.15) is 19.8 Å². The van der Waals surface area contributed by atoms with Crippen LogP contribution in [0.3, 0.4) is 0 Å². The second-order valence-electron chi connectivity index (χ2n) is 8.24. The molecule has 0 N–H and O–H groups in total. The summed E-state index contributed by atoms with van der Waals surface area (Å²) in [5, 5.41) is 0. The van der Waals surface area contributed by atoms with E-state index in [-0.39, 0.29) is 11.0 Å². The fraction of sp³-hybridized carbons (Fsp3) is 1.00. The number of rotatable bonds is 15. The third-order valence-corrected chi connectivity index (χ3v) is 5.06. The van der Waals surface area contributed by atoms with Crippen LogP contribution in [-0.2, 0) is 13.6 Å². The van der Waals surface area contributed by atoms with Gasteiger partial charge in [-0.25, -0.2) is 8.78 Å². The van der Waals surface area contributed by atoms with Crippen LogP contribution < -0.4 is 4.89 Å². The minimum atomic E-state index is -8.25. The van der Waals surface area contributed by atoms with Crippen molar-refractivity contribution < 1.29 is 97.6 Å². The lowest BCUT2D eigenvalue weighted by atomic mass is 10.2. The first kappa shape index (κ1) is 37.8. The molecule has 7 nitrogen and oxygen atoms in total. The average molecular weight is 645 g/mol. The van der Waals surface area contributed by atoms with E-state index < -0.39 is 80.2 Å². The van der Waals surface area contributed by atoms with Crippen molar-refractivity contribution in [2.24, 2.45) is 0 Å². The number of phosphoric acid groups is 1. The molecule has 0 aromatic carbocycles. The fourth-order valence-electron chi connectivity index (χ4n) is 2.20. The van der Waals surface area contributed by atoms with Gasteiger partial charge < -0.3 is 18.4 Å². The van der Waals surface area contributed by atoms with Crippen LogP contribution in [0.25, 0.3) is 0 Å². The lowest BCUT2D eigenvalue weighted by molar-refractivity contribution is -0.870. The first-order valence-corrected chi connectivity index (χ1v) is 10.8. The van der Waals surface area contributed by atoms with Crippen LogP contribution in [0.4, 0.5) is 74.6 Å². The zero-order chi connectivity index (χ0) is 31.8. The number of hydrogen-bond acceptors (Lipinski definition) is 6. The third kappa shape index (κ3) is 8.64. The van der Waals surface area contributed by atoms with Gasteiger partial charge in [-0.05, 0) is 0 Å². The molecule has 0 amide bonds. The number of likely N-dealkylation sites (N-methyl/N-ethyl adjacent to an activating group) is 1. The van der Waals surface area contributed by atoms with Crippen LogP contribution in [0, 0.1) is 0 Å². The Morgan fingerprint density at radius 2 is 1.21 bits per heavy atom. The summed E-state index contributed by atoms with van der Waals surface area (Å²) in [5.74, 6) is -6.76. The van der Waals surface area contributed by atoms with E-state index in [1.165, 1.54) is 21.1 Å². The molecule has 236 valence electrons. The Morgan fingerprint density at radius 3 is 1.54 bits per heavy atom. The second-order valence-corrected chi connectivity index (χ2v) is 9.65. The van der Waals surface area contributed by atoms with Crippen LogP contribution in [0.15, 0.2) is 0 Å². The molecule has 0 spiro atoms. The summed E-state index contributed by atoms with van der Waals surface area (Å²) in [7, 11) is -1.85. The molecular weight excluding hydrogens is 628 g/mol. The summed E-state index contributed by atoms with van der Waals surface area (Å²) in [4.78, 5) is 3.02. The molecule has 0 aliphatic carbocycles. The second kappa shape index (κ2) is 11.6. The van der Waals surface area contributed by atoms with Crippen LogP contribution in [0.1, 0.15) is 0 Å². The third-order valence-electron chi connectivity index (χ3n) is 4.11. The van der Waals surface area contributed by atoms with Crippen LogP contribution in [-0.4, -0.2) is 105 Å². The van der Waals surface area contributed by atoms with Gasteiger partial charge in [0.25, 0.3) is 7.82 Å². The maximum absolute atomic E-state index is 14.1. The fourth-order valence-corrected chi connectivity index (χ4v) is 2.90. The van der Waals surface area contributed by atoms with E-state index in [9.17, 15) is 84.1 Å². The highest BCUT2D eigenvalue weighted by Gasteiger charge is 2.82. The molecule has 0 aliphatic rings. The number of nitrogens with zero attached hydrogens (tertiary/aromatic N) is 3. The van der Waals surface area contributed by atoms with Gasteiger partial charge in [-0.15, -0.1) is 4.90 Å². The van der Waals surface area contributed by atoms with Crippen molar-refractivity contribution in [3.05, 3.63) is 0 Å². The first-order valence-electron chi connectivity index (χ1n) is 9.31. The Kier molecular flexibility index (Phi) is 11.2. The Bertz CT molecular complexity index is 865. The Hall–Kier alpha value is -1.20. The zero-order valence-electron chi connectivity index (χ0n) is 19.1. The molecule has 0 fully saturated rings. The summed E-state index contributed by atoms with van der Waals surface area (Å²) in [6.45, 7) is -10.7. The standard InChI is InChI=1S/C14H17F17N3O4P/c1-34(2,3)4-5-37-39(35,36)38-6-9(19,20)11(23,24)32(8(17)18)12(25,26)13(27,28)33(14(29,30)31)10(21,22)7(15)16/h7-8H,4-6H2,1-3H3. The highest BCUT2D eigenvalue weighted by molar-refractivity contribution is 7.45. The van der Waals surface area contributed by atoms with E-state index in [2.05, 4.69) is 9.05 Å². The van der Waals surface area contributed by atoms with E-state index in [0.717, 1.165) is 0 Å². The maximum atomic E-state index is 14.1. The monoisotopic (exact) mass is 645 g/mol. The van der Waals surface area contributed by atoms with Crippen molar-refractivity contribution in [2.75, 3.05) is 40.9 Å². The SMILES string of the molecule is C[N+](C)(C)CCOP(=O)([O-])OCC(F)(F)C(F)(F)N(C(F)F)C(F)(F)C(F)(F)N(C(F)(F)F)C(F)(F)C(F)F. The molecular formula is C14H17F17N3O4P. The van der Waals surface area contributed by atoms with E-state index in [1.807, 2.05) is 0 Å². The summed E-state index contributed by atoms with van der Waals surface area (Å²) in [6, 6.07) is -31.4. The molecule has 0 rings (SSSR count). The van der Waals surface area contributed by atoms with Gasteiger partial charge in [0.15, 0.2) is 0 Å². The van der Waals surface area contributed by atoms with E-state index >= 15 is 0 Å². The molecule has 25 heteroatoms. The summed E-state index contributed by atoms with van der Waals surface area (Å²) in [5.41, 5.74) is 0. The molecule has 0 radical (unpaired) electrons. The van der Waals surface area contributed by atoms with Crippen molar-refractivity contribution in [3.63, 3.8) is 0 Å². The predicted molar refractivity (Wildman–Crippen MR) is 88.9 cm³/mol. The molecule has 1 atom stereocenters. The smallest absolute Gasteiger partial charge is 0.469 e. The topological polar surface area (TPSA) is 65.1 Å². The molecule has 0 aromatic heterocycles. The minimum Gasteiger partial charge on any atom is -0.756 e. The van der Waals surface area contributed by atoms with Crippen LogP contribution in [0.2, 0.25) is 0 Å². The highest BCUT2D eigenvalue weighted by atomic mass is 31.2. The number of phosphoric ester groups is 1. The summed E-state index contributed by atoms with van der Waals surface area (Å²) < 4.78 is 245. The van der Waals surface area contributed by atoms with Gasteiger partial charge in [0.2, 0.25) is 0 Å². The van der Waals surface area contributed by atoms with Crippen molar-refractivity contribution in [1.29, 1.82) is 0 Å². The van der Waals surface area contributed by atoms with Gasteiger partial charge >= 0.3 is 49.4 Å². The maximum Gasteiger partial charge on any atom is 0.469 e. The van der Waals surface area contributed by atoms with E-state index in [1.54, 1.807) is 0 Å². The Labute approximate surface area is 206 Å². The first-order chi connectivity index (χ1) is 16.8. The van der Waals surface area contributed by atoms with Gasteiger partial charge in [-0.3, -0.25) is 4.57 Å². The van der Waals surface area contributed by atoms with Crippen molar-refractivity contribution in [3.8, 4) is 0 Å². The molecule has 0 aromatic rings. The molecule has 0 saturated carbocycles. The average Bonchev–Trinajstić information content (AvgIpc) is 2.62. The van der Waals surface area contributed by atoms with Gasteiger partial charge in [-0.1, -0.05) is 4.90 Å². The molecule has 0 bridgehead atoms. The normalized spacial score (nSPS) is 17.1. The quantitative estimate of drug-likeness (QED) is 0.110. The summed E-state index contributed by atoms with van der Waals surface area (Å²) in [6.07, 6.45) is -13.7. The van der Waals surface area contributed by atoms with Gasteiger partial charge in [-0.2, -0.15) is 65.9 Å². The molecule has 0 aliphatic heterocycles. The number of hydrogen-bond donors (Lipinski definition) is 0. The molecule has 0 heterocycles. The molecule has 0 saturated heterocycles. The minimum absolute atomic E-state index is 0.0690. The summed E-state index contributed by atoms with van der Waals surface area (Å²) >= 11 is 0. The van der Waals surface area contributed by atoms with Crippen molar-refractivity contribution >= 4 is 7.82 Å². The molecule has 1 unspecified atom stereocenters. The van der Waals surface area contributed by atoms with E-state index in [0.29, 0.717) is 0 Å².